The van der Waals surface area contributed by atoms with E-state index in [2.05, 4.69) is 0 Å². The molecule has 1 rings (SSSR count). The predicted octanol–water partition coefficient (Wildman–Crippen LogP) is 4.25. The molecular weight excluding hydrogens is 325 g/mol. The fraction of sp³-hybridized carbons (Fsp3) is 0.500. The molecule has 1 atom stereocenters. The molecule has 0 saturated carbocycles. The molecule has 0 heterocycles. The zero-order valence-electron chi connectivity index (χ0n) is 13.8. The SMILES string of the molecule is CC(C)N(C(=O)OC(C)(C)C)C(C(=O)O)c1ccc(F)c(Cl)c1. The molecule has 23 heavy (non-hydrogen) atoms. The number of nitrogens with zero attached hydrogens (tertiary/aromatic N) is 1. The van der Waals surface area contributed by atoms with Gasteiger partial charge in [-0.2, -0.15) is 0 Å². The van der Waals surface area contributed by atoms with Crippen LogP contribution in [-0.4, -0.2) is 33.7 Å². The monoisotopic (exact) mass is 345 g/mol. The first-order valence-corrected chi connectivity index (χ1v) is 7.51. The second-order valence-electron chi connectivity index (χ2n) is 6.40. The predicted molar refractivity (Wildman–Crippen MR) is 85.0 cm³/mol. The second-order valence-corrected chi connectivity index (χ2v) is 6.80. The van der Waals surface area contributed by atoms with Gasteiger partial charge in [-0.05, 0) is 52.3 Å². The van der Waals surface area contributed by atoms with Crippen LogP contribution in [-0.2, 0) is 9.53 Å². The fourth-order valence-corrected chi connectivity index (χ4v) is 2.22. The van der Waals surface area contributed by atoms with Gasteiger partial charge < -0.3 is 9.84 Å². The number of ether oxygens (including phenoxy) is 1. The van der Waals surface area contributed by atoms with Crippen LogP contribution in [0.4, 0.5) is 9.18 Å². The average Bonchev–Trinajstić information content (AvgIpc) is 2.36. The van der Waals surface area contributed by atoms with Crippen LogP contribution in [0.3, 0.4) is 0 Å². The van der Waals surface area contributed by atoms with Crippen molar-refractivity contribution >= 4 is 23.7 Å². The summed E-state index contributed by atoms with van der Waals surface area (Å²) >= 11 is 5.73. The lowest BCUT2D eigenvalue weighted by atomic mass is 10.0. The fourth-order valence-electron chi connectivity index (χ4n) is 2.03. The highest BCUT2D eigenvalue weighted by atomic mass is 35.5. The molecule has 0 fully saturated rings. The molecule has 1 aromatic carbocycles. The molecule has 7 heteroatoms. The maximum atomic E-state index is 13.3. The quantitative estimate of drug-likeness (QED) is 0.885. The largest absolute Gasteiger partial charge is 0.479 e. The van der Waals surface area contributed by atoms with Crippen LogP contribution < -0.4 is 0 Å². The minimum atomic E-state index is -1.33. The van der Waals surface area contributed by atoms with E-state index in [4.69, 9.17) is 16.3 Å². The van der Waals surface area contributed by atoms with Crippen molar-refractivity contribution in [1.29, 1.82) is 0 Å². The van der Waals surface area contributed by atoms with Crippen LogP contribution in [0.15, 0.2) is 18.2 Å². The molecule has 1 aromatic rings. The zero-order chi connectivity index (χ0) is 17.9. The molecule has 0 saturated heterocycles. The van der Waals surface area contributed by atoms with Crippen molar-refractivity contribution in [3.05, 3.63) is 34.6 Å². The van der Waals surface area contributed by atoms with Gasteiger partial charge in [0.1, 0.15) is 11.4 Å². The number of halogens is 2. The number of carbonyl (C=O) groups is 2. The highest BCUT2D eigenvalue weighted by molar-refractivity contribution is 6.30. The van der Waals surface area contributed by atoms with Crippen LogP contribution in [0.2, 0.25) is 5.02 Å². The molecule has 0 radical (unpaired) electrons. The highest BCUT2D eigenvalue weighted by Crippen LogP contribution is 2.28. The summed E-state index contributed by atoms with van der Waals surface area (Å²) < 4.78 is 18.6. The normalized spacial score (nSPS) is 12.9. The van der Waals surface area contributed by atoms with Gasteiger partial charge in [-0.3, -0.25) is 4.90 Å². The number of aliphatic carboxylic acids is 1. The van der Waals surface area contributed by atoms with Crippen molar-refractivity contribution in [3.8, 4) is 0 Å². The maximum absolute atomic E-state index is 13.3. The number of amides is 1. The van der Waals surface area contributed by atoms with Gasteiger partial charge in [0.2, 0.25) is 0 Å². The van der Waals surface area contributed by atoms with Crippen molar-refractivity contribution in [2.45, 2.75) is 52.3 Å². The Morgan fingerprint density at radius 2 is 1.87 bits per heavy atom. The third kappa shape index (κ3) is 5.10. The minimum absolute atomic E-state index is 0.198. The summed E-state index contributed by atoms with van der Waals surface area (Å²) in [6.07, 6.45) is -0.764. The summed E-state index contributed by atoms with van der Waals surface area (Å²) in [6, 6.07) is 1.79. The van der Waals surface area contributed by atoms with Gasteiger partial charge in [0.25, 0.3) is 0 Å². The Hall–Kier alpha value is -1.82. The first kappa shape index (κ1) is 19.2. The lowest BCUT2D eigenvalue weighted by Crippen LogP contribution is -2.45. The maximum Gasteiger partial charge on any atom is 0.411 e. The van der Waals surface area contributed by atoms with Gasteiger partial charge in [-0.25, -0.2) is 14.0 Å². The van der Waals surface area contributed by atoms with Gasteiger partial charge in [-0.1, -0.05) is 17.7 Å². The Bertz CT molecular complexity index is 598. The third-order valence-corrected chi connectivity index (χ3v) is 3.22. The van der Waals surface area contributed by atoms with Crippen molar-refractivity contribution in [1.82, 2.24) is 4.90 Å². The Kier molecular flexibility index (Phi) is 5.99. The Morgan fingerprint density at radius 3 is 2.26 bits per heavy atom. The van der Waals surface area contributed by atoms with E-state index in [1.165, 1.54) is 12.1 Å². The van der Waals surface area contributed by atoms with E-state index in [1.807, 2.05) is 0 Å². The van der Waals surface area contributed by atoms with E-state index >= 15 is 0 Å². The third-order valence-electron chi connectivity index (χ3n) is 2.93. The standard InChI is InChI=1S/C16H21ClFNO4/c1-9(2)19(15(22)23-16(3,4)5)13(14(20)21)10-6-7-12(18)11(17)8-10/h6-9,13H,1-5H3,(H,20,21). The van der Waals surface area contributed by atoms with Crippen LogP contribution >= 0.6 is 11.6 Å². The number of carboxylic acid groups (broad SMARTS) is 1. The second kappa shape index (κ2) is 7.17. The molecule has 1 N–H and O–H groups in total. The van der Waals surface area contributed by atoms with E-state index in [9.17, 15) is 19.1 Å². The molecule has 1 amide bonds. The first-order chi connectivity index (χ1) is 10.4. The molecule has 0 aliphatic carbocycles. The van der Waals surface area contributed by atoms with Crippen LogP contribution in [0.5, 0.6) is 0 Å². The van der Waals surface area contributed by atoms with Crippen molar-refractivity contribution < 1.29 is 23.8 Å². The lowest BCUT2D eigenvalue weighted by molar-refractivity contribution is -0.144. The molecular formula is C16H21ClFNO4. The first-order valence-electron chi connectivity index (χ1n) is 7.13. The van der Waals surface area contributed by atoms with Crippen molar-refractivity contribution in [2.75, 3.05) is 0 Å². The molecule has 0 spiro atoms. The number of rotatable bonds is 4. The number of carbonyl (C=O) groups excluding carboxylic acids is 1. The summed E-state index contributed by atoms with van der Waals surface area (Å²) in [5, 5.41) is 9.36. The molecule has 1 unspecified atom stereocenters. The van der Waals surface area contributed by atoms with E-state index in [1.54, 1.807) is 34.6 Å². The van der Waals surface area contributed by atoms with E-state index in [0.29, 0.717) is 0 Å². The molecule has 128 valence electrons. The number of benzene rings is 1. The Balaban J connectivity index is 3.29. The van der Waals surface area contributed by atoms with Gasteiger partial charge >= 0.3 is 12.1 Å². The van der Waals surface area contributed by atoms with E-state index in [-0.39, 0.29) is 10.6 Å². The summed E-state index contributed by atoms with van der Waals surface area (Å²) in [6.45, 7) is 8.41. The van der Waals surface area contributed by atoms with Crippen LogP contribution in [0.1, 0.15) is 46.2 Å². The molecule has 5 nitrogen and oxygen atoms in total. The van der Waals surface area contributed by atoms with E-state index < -0.39 is 35.6 Å². The number of hydrogen-bond acceptors (Lipinski definition) is 3. The van der Waals surface area contributed by atoms with Gasteiger partial charge in [0.15, 0.2) is 6.04 Å². The average molecular weight is 346 g/mol. The van der Waals surface area contributed by atoms with Crippen LogP contribution in [0.25, 0.3) is 0 Å². The lowest BCUT2D eigenvalue weighted by Gasteiger charge is -2.34. The van der Waals surface area contributed by atoms with Gasteiger partial charge in [0, 0.05) is 6.04 Å². The zero-order valence-corrected chi connectivity index (χ0v) is 14.5. The van der Waals surface area contributed by atoms with Gasteiger partial charge in [-0.15, -0.1) is 0 Å². The Labute approximate surface area is 140 Å². The number of hydrogen-bond donors (Lipinski definition) is 1. The summed E-state index contributed by atoms with van der Waals surface area (Å²) in [5.41, 5.74) is -0.572. The molecule has 0 aliphatic heterocycles. The molecule has 0 bridgehead atoms. The van der Waals surface area contributed by atoms with Crippen LogP contribution in [0, 0.1) is 5.82 Å². The highest BCUT2D eigenvalue weighted by Gasteiger charge is 2.36. The summed E-state index contributed by atoms with van der Waals surface area (Å²) in [4.78, 5) is 25.2. The summed E-state index contributed by atoms with van der Waals surface area (Å²) in [7, 11) is 0. The Morgan fingerprint density at radius 1 is 1.30 bits per heavy atom. The number of carboxylic acids is 1. The van der Waals surface area contributed by atoms with E-state index in [0.717, 1.165) is 11.0 Å². The van der Waals surface area contributed by atoms with Crippen molar-refractivity contribution in [3.63, 3.8) is 0 Å². The smallest absolute Gasteiger partial charge is 0.411 e. The minimum Gasteiger partial charge on any atom is -0.479 e. The molecule has 0 aromatic heterocycles. The topological polar surface area (TPSA) is 66.8 Å². The summed E-state index contributed by atoms with van der Waals surface area (Å²) in [5.74, 6) is -1.92. The van der Waals surface area contributed by atoms with Gasteiger partial charge in [0.05, 0.1) is 5.02 Å². The van der Waals surface area contributed by atoms with Crippen molar-refractivity contribution in [2.24, 2.45) is 0 Å². The molecule has 0 aliphatic rings.